The minimum atomic E-state index is -0.933. The van der Waals surface area contributed by atoms with E-state index < -0.39 is 5.97 Å². The van der Waals surface area contributed by atoms with Crippen LogP contribution in [0.4, 0.5) is 5.69 Å². The van der Waals surface area contributed by atoms with Gasteiger partial charge in [0.1, 0.15) is 0 Å². The second-order valence-corrected chi connectivity index (χ2v) is 6.57. The molecule has 102 valence electrons. The first-order valence-corrected chi connectivity index (χ1v) is 7.12. The average Bonchev–Trinajstić information content (AvgIpc) is 2.68. The summed E-state index contributed by atoms with van der Waals surface area (Å²) in [5.74, 6) is -0.933. The SMILES string of the molecule is CC1(C)CCN(c2ccc(/C=C/C(=O)O)c(Br)c2)C1. The molecule has 0 aromatic heterocycles. The van der Waals surface area contributed by atoms with Gasteiger partial charge < -0.3 is 10.0 Å². The molecule has 1 saturated heterocycles. The van der Waals surface area contributed by atoms with Crippen LogP contribution in [0, 0.1) is 5.41 Å². The molecule has 2 rings (SSSR count). The number of aliphatic carboxylic acids is 1. The fraction of sp³-hybridized carbons (Fsp3) is 0.400. The van der Waals surface area contributed by atoms with E-state index in [0.717, 1.165) is 29.2 Å². The summed E-state index contributed by atoms with van der Waals surface area (Å²) in [6.07, 6.45) is 3.95. The molecule has 0 radical (unpaired) electrons. The maximum absolute atomic E-state index is 10.5. The van der Waals surface area contributed by atoms with Gasteiger partial charge >= 0.3 is 5.97 Å². The van der Waals surface area contributed by atoms with Crippen LogP contribution < -0.4 is 4.90 Å². The molecule has 1 fully saturated rings. The van der Waals surface area contributed by atoms with Crippen LogP contribution in [0.1, 0.15) is 25.8 Å². The topological polar surface area (TPSA) is 40.5 Å². The molecule has 1 aliphatic heterocycles. The van der Waals surface area contributed by atoms with Gasteiger partial charge in [-0.1, -0.05) is 35.8 Å². The Morgan fingerprint density at radius 2 is 2.21 bits per heavy atom. The van der Waals surface area contributed by atoms with Crippen molar-refractivity contribution in [2.45, 2.75) is 20.3 Å². The molecule has 0 aliphatic carbocycles. The van der Waals surface area contributed by atoms with Crippen LogP contribution in [0.25, 0.3) is 6.08 Å². The summed E-state index contributed by atoms with van der Waals surface area (Å²) in [7, 11) is 0. The summed E-state index contributed by atoms with van der Waals surface area (Å²) >= 11 is 3.50. The standard InChI is InChI=1S/C15H18BrNO2/c1-15(2)7-8-17(10-15)12-5-3-11(13(16)9-12)4-6-14(18)19/h3-6,9H,7-8,10H2,1-2H3,(H,18,19)/b6-4+. The third kappa shape index (κ3) is 3.60. The predicted octanol–water partition coefficient (Wildman–Crippen LogP) is 3.78. The molecule has 0 saturated carbocycles. The molecule has 0 bridgehead atoms. The Hall–Kier alpha value is -1.29. The van der Waals surface area contributed by atoms with Crippen molar-refractivity contribution < 1.29 is 9.90 Å². The molecule has 1 aliphatic rings. The summed E-state index contributed by atoms with van der Waals surface area (Å²) in [6.45, 7) is 6.70. The molecule has 1 heterocycles. The van der Waals surface area contributed by atoms with Crippen LogP contribution in [-0.4, -0.2) is 24.2 Å². The molecule has 1 aromatic rings. The number of carbonyl (C=O) groups is 1. The number of carboxylic acid groups (broad SMARTS) is 1. The average molecular weight is 324 g/mol. The maximum Gasteiger partial charge on any atom is 0.328 e. The number of nitrogens with zero attached hydrogens (tertiary/aromatic N) is 1. The summed E-state index contributed by atoms with van der Waals surface area (Å²) < 4.78 is 0.923. The van der Waals surface area contributed by atoms with Crippen LogP contribution in [0.2, 0.25) is 0 Å². The second-order valence-electron chi connectivity index (χ2n) is 5.71. The van der Waals surface area contributed by atoms with E-state index in [0.29, 0.717) is 5.41 Å². The van der Waals surface area contributed by atoms with E-state index in [2.05, 4.69) is 40.7 Å². The lowest BCUT2D eigenvalue weighted by molar-refractivity contribution is -0.131. The monoisotopic (exact) mass is 323 g/mol. The molecule has 0 unspecified atom stereocenters. The van der Waals surface area contributed by atoms with Gasteiger partial charge in [0.15, 0.2) is 0 Å². The van der Waals surface area contributed by atoms with E-state index in [1.54, 1.807) is 6.08 Å². The molecule has 19 heavy (non-hydrogen) atoms. The van der Waals surface area contributed by atoms with Crippen LogP contribution >= 0.6 is 15.9 Å². The third-order valence-electron chi connectivity index (χ3n) is 3.43. The molecule has 1 aromatic carbocycles. The van der Waals surface area contributed by atoms with E-state index >= 15 is 0 Å². The van der Waals surface area contributed by atoms with Gasteiger partial charge in [-0.25, -0.2) is 4.79 Å². The first-order valence-electron chi connectivity index (χ1n) is 6.33. The third-order valence-corrected chi connectivity index (χ3v) is 4.12. The van der Waals surface area contributed by atoms with Gasteiger partial charge in [0.25, 0.3) is 0 Å². The fourth-order valence-electron chi connectivity index (χ4n) is 2.34. The van der Waals surface area contributed by atoms with Crippen LogP contribution in [0.5, 0.6) is 0 Å². The van der Waals surface area contributed by atoms with E-state index in [-0.39, 0.29) is 0 Å². The molecule has 1 N–H and O–H groups in total. The Kier molecular flexibility index (Phi) is 3.99. The van der Waals surface area contributed by atoms with Crippen molar-refractivity contribution in [3.05, 3.63) is 34.3 Å². The van der Waals surface area contributed by atoms with E-state index in [1.165, 1.54) is 12.1 Å². The van der Waals surface area contributed by atoms with Crippen molar-refractivity contribution in [2.24, 2.45) is 5.41 Å². The maximum atomic E-state index is 10.5. The molecule has 0 amide bonds. The number of hydrogen-bond donors (Lipinski definition) is 1. The van der Waals surface area contributed by atoms with Gasteiger partial charge in [0, 0.05) is 29.3 Å². The van der Waals surface area contributed by atoms with Gasteiger partial charge in [-0.05, 0) is 35.6 Å². The number of hydrogen-bond acceptors (Lipinski definition) is 2. The van der Waals surface area contributed by atoms with Crippen molar-refractivity contribution >= 4 is 33.7 Å². The number of anilines is 1. The highest BCUT2D eigenvalue weighted by Gasteiger charge is 2.29. The molecule has 4 heteroatoms. The van der Waals surface area contributed by atoms with Crippen LogP contribution in [-0.2, 0) is 4.79 Å². The largest absolute Gasteiger partial charge is 0.478 e. The minimum absolute atomic E-state index is 0.369. The zero-order valence-corrected chi connectivity index (χ0v) is 12.8. The summed E-state index contributed by atoms with van der Waals surface area (Å²) in [4.78, 5) is 12.9. The van der Waals surface area contributed by atoms with Crippen LogP contribution in [0.3, 0.4) is 0 Å². The van der Waals surface area contributed by atoms with Gasteiger partial charge in [-0.3, -0.25) is 0 Å². The second kappa shape index (κ2) is 5.37. The van der Waals surface area contributed by atoms with Crippen molar-refractivity contribution in [1.82, 2.24) is 0 Å². The zero-order valence-electron chi connectivity index (χ0n) is 11.2. The number of halogens is 1. The fourth-order valence-corrected chi connectivity index (χ4v) is 2.84. The first kappa shape index (κ1) is 14.1. The lowest BCUT2D eigenvalue weighted by Crippen LogP contribution is -2.22. The normalized spacial score (nSPS) is 18.2. The quantitative estimate of drug-likeness (QED) is 0.860. The van der Waals surface area contributed by atoms with E-state index in [4.69, 9.17) is 5.11 Å². The Labute approximate surface area is 122 Å². The molecular weight excluding hydrogens is 306 g/mol. The Bertz CT molecular complexity index is 523. The lowest BCUT2D eigenvalue weighted by Gasteiger charge is -2.22. The highest BCUT2D eigenvalue weighted by Crippen LogP contribution is 2.34. The Morgan fingerprint density at radius 3 is 2.74 bits per heavy atom. The van der Waals surface area contributed by atoms with Crippen molar-refractivity contribution in [2.75, 3.05) is 18.0 Å². The van der Waals surface area contributed by atoms with E-state index in [1.807, 2.05) is 12.1 Å². The van der Waals surface area contributed by atoms with Gasteiger partial charge in [0.05, 0.1) is 0 Å². The van der Waals surface area contributed by atoms with Crippen molar-refractivity contribution in [3.8, 4) is 0 Å². The molecule has 3 nitrogen and oxygen atoms in total. The number of carboxylic acids is 1. The molecule has 0 atom stereocenters. The van der Waals surface area contributed by atoms with Gasteiger partial charge in [0.2, 0.25) is 0 Å². The molecule has 0 spiro atoms. The summed E-state index contributed by atoms with van der Waals surface area (Å²) in [5.41, 5.74) is 2.43. The number of benzene rings is 1. The zero-order chi connectivity index (χ0) is 14.0. The Morgan fingerprint density at radius 1 is 1.47 bits per heavy atom. The highest BCUT2D eigenvalue weighted by atomic mass is 79.9. The first-order chi connectivity index (χ1) is 8.87. The van der Waals surface area contributed by atoms with Crippen molar-refractivity contribution in [1.29, 1.82) is 0 Å². The van der Waals surface area contributed by atoms with Gasteiger partial charge in [-0.15, -0.1) is 0 Å². The smallest absolute Gasteiger partial charge is 0.328 e. The highest BCUT2D eigenvalue weighted by molar-refractivity contribution is 9.10. The number of rotatable bonds is 3. The summed E-state index contributed by atoms with van der Waals surface area (Å²) in [5, 5.41) is 8.64. The lowest BCUT2D eigenvalue weighted by atomic mass is 9.93. The van der Waals surface area contributed by atoms with E-state index in [9.17, 15) is 4.79 Å². The predicted molar refractivity (Wildman–Crippen MR) is 81.4 cm³/mol. The Balaban J connectivity index is 2.18. The van der Waals surface area contributed by atoms with Crippen molar-refractivity contribution in [3.63, 3.8) is 0 Å². The minimum Gasteiger partial charge on any atom is -0.478 e. The van der Waals surface area contributed by atoms with Gasteiger partial charge in [-0.2, -0.15) is 0 Å². The summed E-state index contributed by atoms with van der Waals surface area (Å²) in [6, 6.07) is 6.06. The molecular formula is C15H18BrNO2. The van der Waals surface area contributed by atoms with Crippen LogP contribution in [0.15, 0.2) is 28.7 Å².